The molecule has 1 aromatic rings. The first kappa shape index (κ1) is 14.7. The Morgan fingerprint density at radius 2 is 2.37 bits per heavy atom. The van der Waals surface area contributed by atoms with Gasteiger partial charge < -0.3 is 15.3 Å². The molecule has 0 spiro atoms. The summed E-state index contributed by atoms with van der Waals surface area (Å²) in [6.07, 6.45) is 3.54. The fraction of sp³-hybridized carbons (Fsp3) is 0.455. The van der Waals surface area contributed by atoms with E-state index in [0.29, 0.717) is 18.8 Å². The molecule has 1 heterocycles. The van der Waals surface area contributed by atoms with Crippen LogP contribution in [-0.2, 0) is 18.3 Å². The zero-order valence-electron chi connectivity index (χ0n) is 10.7. The summed E-state index contributed by atoms with van der Waals surface area (Å²) in [7, 11) is 1.76. The number of carbonyl (C=O) groups is 2. The summed E-state index contributed by atoms with van der Waals surface area (Å²) < 4.78 is 1.57. The van der Waals surface area contributed by atoms with Crippen molar-refractivity contribution >= 4 is 12.0 Å². The van der Waals surface area contributed by atoms with Gasteiger partial charge in [-0.25, -0.2) is 9.78 Å². The lowest BCUT2D eigenvalue weighted by Gasteiger charge is -2.19. The molecule has 1 aromatic heterocycles. The zero-order chi connectivity index (χ0) is 14.3. The molecular formula is C11H17N5O3. The third-order valence-corrected chi connectivity index (χ3v) is 2.23. The van der Waals surface area contributed by atoms with Crippen LogP contribution in [0.15, 0.2) is 19.0 Å². The number of carboxylic acids is 1. The minimum Gasteiger partial charge on any atom is -0.480 e. The Morgan fingerprint density at radius 1 is 1.63 bits per heavy atom. The van der Waals surface area contributed by atoms with Crippen molar-refractivity contribution in [3.8, 4) is 0 Å². The van der Waals surface area contributed by atoms with E-state index in [0.717, 1.165) is 4.90 Å². The zero-order valence-corrected chi connectivity index (χ0v) is 10.7. The van der Waals surface area contributed by atoms with E-state index >= 15 is 0 Å². The van der Waals surface area contributed by atoms with Crippen LogP contribution in [0.4, 0.5) is 4.79 Å². The molecule has 0 fully saturated rings. The third-order valence-electron chi connectivity index (χ3n) is 2.23. The van der Waals surface area contributed by atoms with Gasteiger partial charge in [-0.1, -0.05) is 6.08 Å². The average Bonchev–Trinajstić information content (AvgIpc) is 2.74. The van der Waals surface area contributed by atoms with Gasteiger partial charge in [-0.15, -0.1) is 6.58 Å². The molecule has 0 saturated carbocycles. The highest BCUT2D eigenvalue weighted by Gasteiger charge is 2.14. The number of aromatic nitrogens is 3. The van der Waals surface area contributed by atoms with Crippen LogP contribution < -0.4 is 5.32 Å². The number of aryl methyl sites for hydroxylation is 1. The summed E-state index contributed by atoms with van der Waals surface area (Å²) in [6, 6.07) is -0.446. The number of amides is 2. The molecule has 0 atom stereocenters. The lowest BCUT2D eigenvalue weighted by atomic mass is 10.4. The van der Waals surface area contributed by atoms with Crippen LogP contribution in [0.5, 0.6) is 0 Å². The summed E-state index contributed by atoms with van der Waals surface area (Å²) >= 11 is 0. The maximum Gasteiger partial charge on any atom is 0.323 e. The normalized spacial score (nSPS) is 9.95. The summed E-state index contributed by atoms with van der Waals surface area (Å²) in [5.74, 6) is -0.445. The predicted molar refractivity (Wildman–Crippen MR) is 67.5 cm³/mol. The lowest BCUT2D eigenvalue weighted by Crippen LogP contribution is -2.43. The fourth-order valence-electron chi connectivity index (χ4n) is 1.43. The summed E-state index contributed by atoms with van der Waals surface area (Å²) in [4.78, 5) is 27.5. The number of hydrogen-bond donors (Lipinski definition) is 2. The van der Waals surface area contributed by atoms with Gasteiger partial charge in [0.05, 0.1) is 0 Å². The molecule has 0 saturated heterocycles. The van der Waals surface area contributed by atoms with Gasteiger partial charge >= 0.3 is 12.0 Å². The van der Waals surface area contributed by atoms with E-state index in [1.807, 2.05) is 0 Å². The second-order valence-corrected chi connectivity index (χ2v) is 3.88. The first-order chi connectivity index (χ1) is 9.02. The highest BCUT2D eigenvalue weighted by atomic mass is 16.4. The number of carbonyl (C=O) groups excluding carboxylic acids is 1. The van der Waals surface area contributed by atoms with E-state index in [1.165, 1.54) is 6.08 Å². The van der Waals surface area contributed by atoms with Gasteiger partial charge in [0.1, 0.15) is 12.9 Å². The SMILES string of the molecule is C=CCN(CC(=O)O)C(=O)NCCc1ncn(C)n1. The Bertz CT molecular complexity index is 457. The molecule has 8 nitrogen and oxygen atoms in total. The lowest BCUT2D eigenvalue weighted by molar-refractivity contribution is -0.137. The second-order valence-electron chi connectivity index (χ2n) is 3.88. The molecule has 0 aliphatic heterocycles. The maximum absolute atomic E-state index is 11.7. The molecule has 0 unspecified atom stereocenters. The van der Waals surface area contributed by atoms with Crippen LogP contribution >= 0.6 is 0 Å². The van der Waals surface area contributed by atoms with Crippen molar-refractivity contribution in [2.75, 3.05) is 19.6 Å². The maximum atomic E-state index is 11.7. The molecule has 2 N–H and O–H groups in total. The van der Waals surface area contributed by atoms with Crippen molar-refractivity contribution < 1.29 is 14.7 Å². The minimum atomic E-state index is -1.07. The number of urea groups is 1. The molecule has 0 aromatic carbocycles. The smallest absolute Gasteiger partial charge is 0.323 e. The number of rotatable bonds is 7. The van der Waals surface area contributed by atoms with Crippen molar-refractivity contribution in [1.29, 1.82) is 0 Å². The minimum absolute atomic E-state index is 0.181. The fourth-order valence-corrected chi connectivity index (χ4v) is 1.43. The van der Waals surface area contributed by atoms with Crippen molar-refractivity contribution in [3.63, 3.8) is 0 Å². The van der Waals surface area contributed by atoms with Gasteiger partial charge in [0, 0.05) is 26.6 Å². The Hall–Kier alpha value is -2.38. The van der Waals surface area contributed by atoms with E-state index in [1.54, 1.807) is 18.1 Å². The van der Waals surface area contributed by atoms with E-state index < -0.39 is 12.0 Å². The molecule has 0 bridgehead atoms. The van der Waals surface area contributed by atoms with Crippen molar-refractivity contribution in [3.05, 3.63) is 24.8 Å². The molecule has 0 radical (unpaired) electrons. The number of aliphatic carboxylic acids is 1. The molecular weight excluding hydrogens is 250 g/mol. The number of nitrogens with zero attached hydrogens (tertiary/aromatic N) is 4. The van der Waals surface area contributed by atoms with Gasteiger partial charge in [-0.3, -0.25) is 9.48 Å². The van der Waals surface area contributed by atoms with Crippen LogP contribution in [0.3, 0.4) is 0 Å². The molecule has 0 aliphatic rings. The van der Waals surface area contributed by atoms with Crippen molar-refractivity contribution in [2.45, 2.75) is 6.42 Å². The number of carboxylic acid groups (broad SMARTS) is 1. The van der Waals surface area contributed by atoms with E-state index in [2.05, 4.69) is 22.0 Å². The topological polar surface area (TPSA) is 100 Å². The molecule has 19 heavy (non-hydrogen) atoms. The first-order valence-electron chi connectivity index (χ1n) is 5.73. The van der Waals surface area contributed by atoms with Crippen molar-refractivity contribution in [2.24, 2.45) is 7.05 Å². The van der Waals surface area contributed by atoms with Crippen LogP contribution in [-0.4, -0.2) is 56.4 Å². The Labute approximate surface area is 110 Å². The van der Waals surface area contributed by atoms with Gasteiger partial charge in [-0.2, -0.15) is 5.10 Å². The average molecular weight is 267 g/mol. The molecule has 2 amide bonds. The number of nitrogens with one attached hydrogen (secondary N) is 1. The van der Waals surface area contributed by atoms with Gasteiger partial charge in [-0.05, 0) is 0 Å². The number of hydrogen-bond acceptors (Lipinski definition) is 4. The first-order valence-corrected chi connectivity index (χ1v) is 5.73. The highest BCUT2D eigenvalue weighted by Crippen LogP contribution is 1.92. The summed E-state index contributed by atoms with van der Waals surface area (Å²) in [6.45, 7) is 3.65. The van der Waals surface area contributed by atoms with Gasteiger partial charge in [0.2, 0.25) is 0 Å². The Kier molecular flexibility index (Phi) is 5.52. The largest absolute Gasteiger partial charge is 0.480 e. The van der Waals surface area contributed by atoms with Gasteiger partial charge in [0.25, 0.3) is 0 Å². The molecule has 104 valence electrons. The summed E-state index contributed by atoms with van der Waals surface area (Å²) in [5.41, 5.74) is 0. The van der Waals surface area contributed by atoms with Gasteiger partial charge in [0.15, 0.2) is 5.82 Å². The van der Waals surface area contributed by atoms with Crippen LogP contribution in [0, 0.1) is 0 Å². The monoisotopic (exact) mass is 267 g/mol. The van der Waals surface area contributed by atoms with Crippen LogP contribution in [0.2, 0.25) is 0 Å². The quantitative estimate of drug-likeness (QED) is 0.657. The van der Waals surface area contributed by atoms with Crippen molar-refractivity contribution in [1.82, 2.24) is 25.0 Å². The Morgan fingerprint density at radius 3 is 2.89 bits per heavy atom. The molecule has 0 aliphatic carbocycles. The van der Waals surface area contributed by atoms with E-state index in [-0.39, 0.29) is 13.1 Å². The van der Waals surface area contributed by atoms with E-state index in [4.69, 9.17) is 5.11 Å². The van der Waals surface area contributed by atoms with E-state index in [9.17, 15) is 9.59 Å². The van der Waals surface area contributed by atoms with Crippen LogP contribution in [0.25, 0.3) is 0 Å². The predicted octanol–water partition coefficient (Wildman–Crippen LogP) is -0.360. The van der Waals surface area contributed by atoms with Crippen LogP contribution in [0.1, 0.15) is 5.82 Å². The second kappa shape index (κ2) is 7.14. The Balaban J connectivity index is 2.39. The molecule has 1 rings (SSSR count). The standard InChI is InChI=1S/C11H17N5O3/c1-3-6-16(7-10(17)18)11(19)12-5-4-9-13-8-15(2)14-9/h3,8H,1,4-7H2,2H3,(H,12,19)(H,17,18). The highest BCUT2D eigenvalue weighted by molar-refractivity contribution is 5.80. The third kappa shape index (κ3) is 5.19. The summed E-state index contributed by atoms with van der Waals surface area (Å²) in [5, 5.41) is 15.4. The molecule has 8 heteroatoms.